The van der Waals surface area contributed by atoms with Crippen LogP contribution in [0.3, 0.4) is 0 Å². The predicted octanol–water partition coefficient (Wildman–Crippen LogP) is 13.8. The lowest BCUT2D eigenvalue weighted by molar-refractivity contribution is 0.667. The maximum Gasteiger partial charge on any atom is 0.180 e. The van der Waals surface area contributed by atoms with Gasteiger partial charge in [-0.2, -0.15) is 0 Å². The number of anilines is 3. The minimum Gasteiger partial charge on any atom is -0.452 e. The fraction of sp³-hybridized carbons (Fsp3) is 0. The molecule has 12 rings (SSSR count). The first kappa shape index (κ1) is 28.8. The summed E-state index contributed by atoms with van der Waals surface area (Å²) < 4.78 is 9.05. The summed E-state index contributed by atoms with van der Waals surface area (Å²) in [5, 5.41) is 8.23. The van der Waals surface area contributed by atoms with Crippen LogP contribution in [-0.4, -0.2) is 9.97 Å². The Kier molecular flexibility index (Phi) is 5.90. The van der Waals surface area contributed by atoms with Crippen LogP contribution in [0.25, 0.3) is 97.6 Å². The third kappa shape index (κ3) is 4.11. The van der Waals surface area contributed by atoms with Crippen LogP contribution in [0.1, 0.15) is 0 Å². The molecule has 0 saturated carbocycles. The van der Waals surface area contributed by atoms with Gasteiger partial charge < -0.3 is 9.32 Å². The number of fused-ring (bicyclic) bond motifs is 9. The summed E-state index contributed by atoms with van der Waals surface area (Å²) >= 11 is 1.81. The van der Waals surface area contributed by atoms with Gasteiger partial charge in [0, 0.05) is 53.0 Å². The van der Waals surface area contributed by atoms with E-state index in [1.54, 1.807) is 0 Å². The zero-order valence-corrected chi connectivity index (χ0v) is 29.1. The van der Waals surface area contributed by atoms with Crippen LogP contribution in [0.5, 0.6) is 0 Å². The minimum absolute atomic E-state index is 0.671. The molecule has 53 heavy (non-hydrogen) atoms. The second kappa shape index (κ2) is 10.8. The van der Waals surface area contributed by atoms with Gasteiger partial charge in [-0.15, -0.1) is 11.3 Å². The highest BCUT2D eigenvalue weighted by Gasteiger charge is 2.27. The van der Waals surface area contributed by atoms with E-state index < -0.39 is 0 Å². The van der Waals surface area contributed by atoms with E-state index in [4.69, 9.17) is 14.4 Å². The second-order valence-electron chi connectivity index (χ2n) is 13.7. The quantitative estimate of drug-likeness (QED) is 0.185. The summed E-state index contributed by atoms with van der Waals surface area (Å²) in [6, 6.07) is 58.4. The standard InChI is InChI=1S/C48H27N3OS/c1-2-14-31-30(13-1)36(25-26-39(31)51-38-19-6-3-15-32(38)35-18-9-11-28-12-10-20-40(51)44(28)35)48-49-45(47-46(50-48)37-17-4-7-21-41(37)52-47)29-23-24-34-33-16-5-8-22-42(33)53-43(34)27-29/h1-27H. The van der Waals surface area contributed by atoms with E-state index in [1.807, 2.05) is 29.5 Å². The van der Waals surface area contributed by atoms with Crippen LogP contribution in [0, 0.1) is 0 Å². The molecule has 4 heterocycles. The Morgan fingerprint density at radius 3 is 2.11 bits per heavy atom. The maximum absolute atomic E-state index is 6.55. The van der Waals surface area contributed by atoms with Crippen molar-refractivity contribution in [3.63, 3.8) is 0 Å². The van der Waals surface area contributed by atoms with Crippen molar-refractivity contribution in [1.82, 2.24) is 9.97 Å². The SMILES string of the molecule is c1ccc2c(c1)-c1cccc3cccc(c13)N2c1ccc(-c2nc(-c3ccc4c(c3)sc3ccccc34)c3oc4ccccc4c3n2)c2ccccc12. The van der Waals surface area contributed by atoms with Crippen molar-refractivity contribution < 1.29 is 4.42 Å². The predicted molar refractivity (Wildman–Crippen MR) is 222 cm³/mol. The molecule has 1 aliphatic rings. The molecular formula is C48H27N3OS. The highest BCUT2D eigenvalue weighted by Crippen LogP contribution is 2.52. The van der Waals surface area contributed by atoms with Crippen LogP contribution in [0.2, 0.25) is 0 Å². The molecule has 1 aliphatic heterocycles. The first-order valence-corrected chi connectivity index (χ1v) is 18.6. The molecule has 0 radical (unpaired) electrons. The Bertz CT molecular complexity index is 3320. The Morgan fingerprint density at radius 2 is 1.19 bits per heavy atom. The lowest BCUT2D eigenvalue weighted by Crippen LogP contribution is -2.15. The van der Waals surface area contributed by atoms with Gasteiger partial charge in [0.1, 0.15) is 16.8 Å². The molecule has 0 amide bonds. The number of aromatic nitrogens is 2. The van der Waals surface area contributed by atoms with Crippen molar-refractivity contribution in [2.45, 2.75) is 0 Å². The van der Waals surface area contributed by atoms with E-state index in [9.17, 15) is 0 Å². The molecule has 8 aromatic carbocycles. The van der Waals surface area contributed by atoms with Gasteiger partial charge in [0.15, 0.2) is 11.4 Å². The maximum atomic E-state index is 6.55. The lowest BCUT2D eigenvalue weighted by Gasteiger charge is -2.34. The number of thiophene rings is 1. The van der Waals surface area contributed by atoms with E-state index in [1.165, 1.54) is 47.8 Å². The molecule has 0 unspecified atom stereocenters. The number of hydrogen-bond acceptors (Lipinski definition) is 5. The second-order valence-corrected chi connectivity index (χ2v) is 14.8. The van der Waals surface area contributed by atoms with Crippen molar-refractivity contribution in [2.24, 2.45) is 0 Å². The molecular weight excluding hydrogens is 667 g/mol. The molecule has 5 heteroatoms. The molecule has 4 nitrogen and oxygen atoms in total. The molecule has 0 saturated heterocycles. The van der Waals surface area contributed by atoms with Crippen LogP contribution in [0.15, 0.2) is 168 Å². The highest BCUT2D eigenvalue weighted by molar-refractivity contribution is 7.25. The van der Waals surface area contributed by atoms with Crippen molar-refractivity contribution >= 4 is 92.2 Å². The van der Waals surface area contributed by atoms with Crippen molar-refractivity contribution in [1.29, 1.82) is 0 Å². The fourth-order valence-electron chi connectivity index (χ4n) is 8.47. The Balaban J connectivity index is 1.11. The average molecular weight is 694 g/mol. The van der Waals surface area contributed by atoms with Gasteiger partial charge in [0.2, 0.25) is 0 Å². The number of para-hydroxylation sites is 2. The van der Waals surface area contributed by atoms with Crippen molar-refractivity contribution in [3.8, 4) is 33.8 Å². The molecule has 0 fully saturated rings. The number of hydrogen-bond donors (Lipinski definition) is 0. The third-order valence-electron chi connectivity index (χ3n) is 10.8. The summed E-state index contributed by atoms with van der Waals surface area (Å²) in [4.78, 5) is 13.1. The molecule has 0 bridgehead atoms. The summed E-state index contributed by atoms with van der Waals surface area (Å²) in [6.45, 7) is 0. The van der Waals surface area contributed by atoms with E-state index >= 15 is 0 Å². The van der Waals surface area contributed by atoms with Crippen molar-refractivity contribution in [3.05, 3.63) is 164 Å². The molecule has 246 valence electrons. The van der Waals surface area contributed by atoms with Crippen molar-refractivity contribution in [2.75, 3.05) is 4.90 Å². The zero-order valence-electron chi connectivity index (χ0n) is 28.2. The summed E-state index contributed by atoms with van der Waals surface area (Å²) in [7, 11) is 0. The Labute approximate surface area is 307 Å². The first-order valence-electron chi connectivity index (χ1n) is 17.8. The largest absolute Gasteiger partial charge is 0.452 e. The Hall–Kier alpha value is -6.82. The van der Waals surface area contributed by atoms with E-state index in [0.717, 1.165) is 55.5 Å². The number of rotatable bonds is 3. The van der Waals surface area contributed by atoms with Gasteiger partial charge in [0.05, 0.1) is 17.1 Å². The van der Waals surface area contributed by atoms with Gasteiger partial charge in [-0.1, -0.05) is 115 Å². The fourth-order valence-corrected chi connectivity index (χ4v) is 9.62. The van der Waals surface area contributed by atoms with Crippen LogP contribution in [-0.2, 0) is 0 Å². The monoisotopic (exact) mass is 693 g/mol. The number of furan rings is 1. The van der Waals surface area contributed by atoms with E-state index in [0.29, 0.717) is 11.4 Å². The van der Waals surface area contributed by atoms with Gasteiger partial charge in [-0.3, -0.25) is 0 Å². The van der Waals surface area contributed by atoms with Crippen LogP contribution in [0.4, 0.5) is 17.1 Å². The summed E-state index contributed by atoms with van der Waals surface area (Å²) in [5.74, 6) is 0.671. The smallest absolute Gasteiger partial charge is 0.180 e. The molecule has 0 aliphatic carbocycles. The molecule has 0 spiro atoms. The van der Waals surface area contributed by atoms with Gasteiger partial charge in [-0.25, -0.2) is 9.97 Å². The molecule has 3 aromatic heterocycles. The number of benzene rings is 8. The van der Waals surface area contributed by atoms with E-state index in [2.05, 4.69) is 150 Å². The van der Waals surface area contributed by atoms with Gasteiger partial charge in [-0.05, 0) is 64.9 Å². The topological polar surface area (TPSA) is 42.2 Å². The minimum atomic E-state index is 0.671. The normalized spacial score (nSPS) is 12.5. The first-order chi connectivity index (χ1) is 26.3. The van der Waals surface area contributed by atoms with E-state index in [-0.39, 0.29) is 0 Å². The lowest BCUT2D eigenvalue weighted by atomic mass is 9.90. The summed E-state index contributed by atoms with van der Waals surface area (Å²) in [5.41, 5.74) is 11.1. The van der Waals surface area contributed by atoms with Crippen LogP contribution >= 0.6 is 11.3 Å². The third-order valence-corrected chi connectivity index (χ3v) is 11.9. The zero-order chi connectivity index (χ0) is 34.6. The molecule has 11 aromatic rings. The van der Waals surface area contributed by atoms with Gasteiger partial charge >= 0.3 is 0 Å². The Morgan fingerprint density at radius 1 is 0.472 bits per heavy atom. The van der Waals surface area contributed by atoms with Crippen LogP contribution < -0.4 is 4.90 Å². The average Bonchev–Trinajstić information content (AvgIpc) is 3.79. The summed E-state index contributed by atoms with van der Waals surface area (Å²) in [6.07, 6.45) is 0. The number of nitrogens with zero attached hydrogens (tertiary/aromatic N) is 3. The highest BCUT2D eigenvalue weighted by atomic mass is 32.1. The molecule has 0 atom stereocenters. The molecule has 0 N–H and O–H groups in total. The van der Waals surface area contributed by atoms with Gasteiger partial charge in [0.25, 0.3) is 0 Å².